The number of fused-ring (bicyclic) bond motifs is 1. The minimum absolute atomic E-state index is 0.732. The predicted octanol–water partition coefficient (Wildman–Crippen LogP) is 6.02. The predicted molar refractivity (Wildman–Crippen MR) is 112 cm³/mol. The molecule has 0 N–H and O–H groups in total. The Balaban J connectivity index is 1.75. The summed E-state index contributed by atoms with van der Waals surface area (Å²) in [6, 6.07) is 16.6. The topological polar surface area (TPSA) is 9.72 Å². The molecule has 0 aliphatic carbocycles. The van der Waals surface area contributed by atoms with Gasteiger partial charge in [-0.05, 0) is 43.7 Å². The van der Waals surface area contributed by atoms with E-state index in [1.807, 2.05) is 30.3 Å². The molecule has 0 amide bonds. The van der Waals surface area contributed by atoms with Crippen molar-refractivity contribution in [2.24, 2.45) is 0 Å². The van der Waals surface area contributed by atoms with Gasteiger partial charge >= 0.3 is 0 Å². The van der Waals surface area contributed by atoms with Gasteiger partial charge in [0.2, 0.25) is 0 Å². The second kappa shape index (κ2) is 6.78. The maximum absolute atomic E-state index is 6.08. The minimum Gasteiger partial charge on any atom is -0.264 e. The van der Waals surface area contributed by atoms with Crippen LogP contribution in [-0.4, -0.2) is 16.0 Å². The number of anilines is 1. The van der Waals surface area contributed by atoms with Crippen LogP contribution in [0.2, 0.25) is 5.02 Å². The van der Waals surface area contributed by atoms with Gasteiger partial charge in [0.25, 0.3) is 0 Å². The van der Waals surface area contributed by atoms with Crippen LogP contribution in [0.25, 0.3) is 5.57 Å². The van der Waals surface area contributed by atoms with Gasteiger partial charge in [0.15, 0.2) is 0 Å². The van der Waals surface area contributed by atoms with E-state index in [1.165, 1.54) is 28.1 Å². The van der Waals surface area contributed by atoms with Crippen LogP contribution in [0, 0.1) is 6.92 Å². The molecule has 0 aromatic heterocycles. The first kappa shape index (κ1) is 17.1. The lowest BCUT2D eigenvalue weighted by molar-refractivity contribution is 0.306. The fourth-order valence-electron chi connectivity index (χ4n) is 3.24. The molecule has 0 unspecified atom stereocenters. The summed E-state index contributed by atoms with van der Waals surface area (Å²) in [5.41, 5.74) is 7.24. The van der Waals surface area contributed by atoms with Crippen LogP contribution in [-0.2, 0) is 0 Å². The number of halogens is 1. The zero-order valence-corrected chi connectivity index (χ0v) is 16.4. The third-order valence-corrected chi connectivity index (χ3v) is 5.70. The maximum atomic E-state index is 6.08. The Morgan fingerprint density at radius 2 is 1.73 bits per heavy atom. The van der Waals surface area contributed by atoms with Crippen molar-refractivity contribution in [1.82, 2.24) is 9.42 Å². The largest absolute Gasteiger partial charge is 0.264 e. The molecule has 3 nitrogen and oxygen atoms in total. The lowest BCUT2D eigenvalue weighted by Crippen LogP contribution is -2.42. The van der Waals surface area contributed by atoms with Crippen LogP contribution < -0.4 is 5.12 Å². The highest BCUT2D eigenvalue weighted by Crippen LogP contribution is 2.49. The maximum Gasteiger partial charge on any atom is 0.102 e. The van der Waals surface area contributed by atoms with Crippen LogP contribution in [0.5, 0.6) is 0 Å². The Labute approximate surface area is 163 Å². The summed E-state index contributed by atoms with van der Waals surface area (Å²) in [6.07, 6.45) is 1.93. The van der Waals surface area contributed by atoms with E-state index in [4.69, 9.17) is 11.6 Å². The monoisotopic (exact) mass is 381 g/mol. The number of rotatable bonds is 4. The number of benzene rings is 2. The van der Waals surface area contributed by atoms with Crippen molar-refractivity contribution in [3.63, 3.8) is 0 Å². The summed E-state index contributed by atoms with van der Waals surface area (Å²) in [5, 5.41) is 7.38. The number of aryl methyl sites for hydroxylation is 1. The van der Waals surface area contributed by atoms with Gasteiger partial charge in [0, 0.05) is 28.0 Å². The molecule has 2 aliphatic heterocycles. The first-order valence-electron chi connectivity index (χ1n) is 8.49. The van der Waals surface area contributed by atoms with Crippen LogP contribution in [0.15, 0.2) is 78.0 Å². The SMILES string of the molecule is C=CCN1C(C)=C2C(c3ccc(C)cc3)=CSN2N1c1ccc(Cl)cc1. The van der Waals surface area contributed by atoms with Gasteiger partial charge < -0.3 is 0 Å². The first-order chi connectivity index (χ1) is 12.6. The molecular weight excluding hydrogens is 362 g/mol. The summed E-state index contributed by atoms with van der Waals surface area (Å²) in [5.74, 6) is 0. The number of nitrogens with zero attached hydrogens (tertiary/aromatic N) is 3. The molecule has 2 aromatic rings. The second-order valence-electron chi connectivity index (χ2n) is 6.35. The van der Waals surface area contributed by atoms with E-state index in [0.29, 0.717) is 0 Å². The van der Waals surface area contributed by atoms with Gasteiger partial charge in [-0.15, -0.1) is 6.58 Å². The fourth-order valence-corrected chi connectivity index (χ4v) is 4.43. The third kappa shape index (κ3) is 2.79. The van der Waals surface area contributed by atoms with Gasteiger partial charge in [-0.3, -0.25) is 5.01 Å². The number of hydrogen-bond acceptors (Lipinski definition) is 4. The minimum atomic E-state index is 0.732. The molecule has 0 atom stereocenters. The third-order valence-electron chi connectivity index (χ3n) is 4.57. The van der Waals surface area contributed by atoms with Crippen LogP contribution in [0.1, 0.15) is 18.1 Å². The molecule has 0 saturated heterocycles. The highest BCUT2D eigenvalue weighted by Gasteiger charge is 2.40. The molecule has 26 heavy (non-hydrogen) atoms. The second-order valence-corrected chi connectivity index (χ2v) is 7.58. The highest BCUT2D eigenvalue weighted by molar-refractivity contribution is 8.00. The van der Waals surface area contributed by atoms with Crippen LogP contribution in [0.4, 0.5) is 5.69 Å². The Morgan fingerprint density at radius 1 is 1.04 bits per heavy atom. The van der Waals surface area contributed by atoms with E-state index in [9.17, 15) is 0 Å². The Hall–Kier alpha value is -2.30. The lowest BCUT2D eigenvalue weighted by atomic mass is 10.0. The quantitative estimate of drug-likeness (QED) is 0.472. The van der Waals surface area contributed by atoms with Gasteiger partial charge in [0.1, 0.15) is 5.70 Å². The molecule has 132 valence electrons. The van der Waals surface area contributed by atoms with E-state index in [2.05, 4.69) is 64.6 Å². The van der Waals surface area contributed by atoms with E-state index in [-0.39, 0.29) is 0 Å². The summed E-state index contributed by atoms with van der Waals surface area (Å²) in [7, 11) is 0. The summed E-state index contributed by atoms with van der Waals surface area (Å²) < 4.78 is 2.23. The van der Waals surface area contributed by atoms with Gasteiger partial charge in [-0.25, -0.2) is 4.41 Å². The molecule has 2 aromatic carbocycles. The van der Waals surface area contributed by atoms with Crippen molar-refractivity contribution in [1.29, 1.82) is 0 Å². The summed E-state index contributed by atoms with van der Waals surface area (Å²) >= 11 is 7.77. The van der Waals surface area contributed by atoms with Crippen molar-refractivity contribution in [2.45, 2.75) is 13.8 Å². The molecule has 0 spiro atoms. The fraction of sp³-hybridized carbons (Fsp3) is 0.143. The average Bonchev–Trinajstić information content (AvgIpc) is 3.17. The summed E-state index contributed by atoms with van der Waals surface area (Å²) in [6.45, 7) is 8.94. The lowest BCUT2D eigenvalue weighted by Gasteiger charge is -2.36. The number of hydrogen-bond donors (Lipinski definition) is 0. The standard InChI is InChI=1S/C21H20ClN3S/c1-4-13-23-16(3)21-20(17-7-5-15(2)6-8-17)14-26-25(21)24(23)19-11-9-18(22)10-12-19/h4-12,14H,1,13H2,2-3H3. The van der Waals surface area contributed by atoms with Gasteiger partial charge in [-0.2, -0.15) is 5.12 Å². The number of allylic oxidation sites excluding steroid dienone is 2. The van der Waals surface area contributed by atoms with E-state index < -0.39 is 0 Å². The highest BCUT2D eigenvalue weighted by atomic mass is 35.5. The Bertz CT molecular complexity index is 900. The molecule has 0 saturated carbocycles. The van der Waals surface area contributed by atoms with Crippen LogP contribution in [0.3, 0.4) is 0 Å². The zero-order valence-electron chi connectivity index (χ0n) is 14.8. The first-order valence-corrected chi connectivity index (χ1v) is 9.71. The molecular formula is C21H20ClN3S. The molecule has 5 heteroatoms. The summed E-state index contributed by atoms with van der Waals surface area (Å²) in [4.78, 5) is 0. The van der Waals surface area contributed by atoms with E-state index in [1.54, 1.807) is 11.9 Å². The normalized spacial score (nSPS) is 16.3. The molecule has 2 aliphatic rings. The van der Waals surface area contributed by atoms with Crippen LogP contribution >= 0.6 is 23.5 Å². The Morgan fingerprint density at radius 3 is 2.38 bits per heavy atom. The molecule has 0 fully saturated rings. The average molecular weight is 382 g/mol. The zero-order chi connectivity index (χ0) is 18.3. The van der Waals surface area contributed by atoms with E-state index >= 15 is 0 Å². The molecule has 4 rings (SSSR count). The van der Waals surface area contributed by atoms with Crippen molar-refractivity contribution < 1.29 is 0 Å². The molecule has 0 radical (unpaired) electrons. The van der Waals surface area contributed by atoms with Crippen molar-refractivity contribution in [3.8, 4) is 0 Å². The van der Waals surface area contributed by atoms with E-state index in [0.717, 1.165) is 17.3 Å². The number of hydrazine groups is 2. The molecule has 0 bridgehead atoms. The van der Waals surface area contributed by atoms with Crippen molar-refractivity contribution in [2.75, 3.05) is 11.7 Å². The van der Waals surface area contributed by atoms with Gasteiger partial charge in [-0.1, -0.05) is 47.5 Å². The Kier molecular flexibility index (Phi) is 4.47. The van der Waals surface area contributed by atoms with Crippen molar-refractivity contribution >= 4 is 34.8 Å². The van der Waals surface area contributed by atoms with Crippen molar-refractivity contribution in [3.05, 3.63) is 94.1 Å². The smallest absolute Gasteiger partial charge is 0.102 e. The molecule has 2 heterocycles. The van der Waals surface area contributed by atoms with Gasteiger partial charge in [0.05, 0.1) is 17.9 Å².